The molecule has 1 amide bonds. The number of carbonyl (C=O) groups is 1. The third-order valence-electron chi connectivity index (χ3n) is 6.60. The lowest BCUT2D eigenvalue weighted by Gasteiger charge is -2.17. The van der Waals surface area contributed by atoms with Crippen molar-refractivity contribution in [3.8, 4) is 5.69 Å². The minimum absolute atomic E-state index is 0.0122. The summed E-state index contributed by atoms with van der Waals surface area (Å²) >= 11 is 0. The normalized spacial score (nSPS) is 28.1. The van der Waals surface area contributed by atoms with Crippen LogP contribution >= 0.6 is 0 Å². The number of rotatable bonds is 4. The highest BCUT2D eigenvalue weighted by atomic mass is 16.3. The second-order valence-electron chi connectivity index (χ2n) is 8.01. The first-order valence-electron chi connectivity index (χ1n) is 9.86. The summed E-state index contributed by atoms with van der Waals surface area (Å²) in [6, 6.07) is 17.4. The number of β-amino-alcohol motifs (C(OH)–C–C–N with tert-alkyl or cyclic N) is 1. The average molecular weight is 389 g/mol. The van der Waals surface area contributed by atoms with Crippen molar-refractivity contribution in [2.45, 2.75) is 12.0 Å². The number of benzene rings is 2. The highest BCUT2D eigenvalue weighted by Gasteiger charge is 2.71. The first-order chi connectivity index (χ1) is 14.1. The molecule has 2 heterocycles. The predicted molar refractivity (Wildman–Crippen MR) is 108 cm³/mol. The van der Waals surface area contributed by atoms with Gasteiger partial charge in [0, 0.05) is 48.8 Å². The zero-order chi connectivity index (χ0) is 20.0. The fraction of sp³-hybridized carbons (Fsp3) is 0.304. The van der Waals surface area contributed by atoms with Gasteiger partial charge in [-0.25, -0.2) is 4.98 Å². The van der Waals surface area contributed by atoms with Crippen molar-refractivity contribution in [1.29, 1.82) is 0 Å². The SMILES string of the molecule is O=C(c1ccc(-n2ccnc2)cc1)N1C[C@H](O)[C@@]2(C1)[C@H](CO)[C@H]2c1ccccc1. The average Bonchev–Trinajstić information content (AvgIpc) is 3.04. The van der Waals surface area contributed by atoms with Gasteiger partial charge in [-0.3, -0.25) is 4.79 Å². The number of amides is 1. The smallest absolute Gasteiger partial charge is 0.253 e. The lowest BCUT2D eigenvalue weighted by molar-refractivity contribution is 0.0764. The van der Waals surface area contributed by atoms with Gasteiger partial charge in [-0.05, 0) is 41.7 Å². The number of likely N-dealkylation sites (tertiary alicyclic amines) is 1. The Morgan fingerprint density at radius 2 is 1.90 bits per heavy atom. The molecular weight excluding hydrogens is 366 g/mol. The lowest BCUT2D eigenvalue weighted by Crippen LogP contribution is -2.29. The number of aliphatic hydroxyl groups is 2. The molecule has 1 aromatic heterocycles. The maximum atomic E-state index is 13.1. The van der Waals surface area contributed by atoms with Crippen molar-refractivity contribution < 1.29 is 15.0 Å². The molecule has 0 bridgehead atoms. The second kappa shape index (κ2) is 6.83. The fourth-order valence-electron chi connectivity index (χ4n) is 5.09. The van der Waals surface area contributed by atoms with Gasteiger partial charge >= 0.3 is 0 Å². The van der Waals surface area contributed by atoms with E-state index in [9.17, 15) is 15.0 Å². The summed E-state index contributed by atoms with van der Waals surface area (Å²) < 4.78 is 1.88. The molecule has 6 nitrogen and oxygen atoms in total. The number of imidazole rings is 1. The van der Waals surface area contributed by atoms with Gasteiger partial charge in [-0.2, -0.15) is 0 Å². The van der Waals surface area contributed by atoms with Crippen LogP contribution in [-0.4, -0.2) is 56.4 Å². The van der Waals surface area contributed by atoms with E-state index >= 15 is 0 Å². The minimum Gasteiger partial charge on any atom is -0.396 e. The maximum Gasteiger partial charge on any atom is 0.253 e. The molecular formula is C23H23N3O3. The molecule has 2 fully saturated rings. The van der Waals surface area contributed by atoms with Crippen LogP contribution in [0.2, 0.25) is 0 Å². The summed E-state index contributed by atoms with van der Waals surface area (Å²) in [5, 5.41) is 20.8. The van der Waals surface area contributed by atoms with Crippen molar-refractivity contribution in [3.05, 3.63) is 84.4 Å². The van der Waals surface area contributed by atoms with E-state index in [4.69, 9.17) is 0 Å². The largest absolute Gasteiger partial charge is 0.396 e. The quantitative estimate of drug-likeness (QED) is 0.716. The maximum absolute atomic E-state index is 13.1. The number of hydrogen-bond donors (Lipinski definition) is 2. The Kier molecular flexibility index (Phi) is 4.26. The Hall–Kier alpha value is -2.96. The molecule has 1 saturated carbocycles. The van der Waals surface area contributed by atoms with Crippen LogP contribution in [0.1, 0.15) is 21.8 Å². The molecule has 4 atom stereocenters. The molecule has 2 N–H and O–H groups in total. The van der Waals surface area contributed by atoms with Gasteiger partial charge in [0.2, 0.25) is 0 Å². The summed E-state index contributed by atoms with van der Waals surface area (Å²) in [6.07, 6.45) is 4.63. The van der Waals surface area contributed by atoms with Crippen molar-refractivity contribution in [3.63, 3.8) is 0 Å². The first kappa shape index (κ1) is 18.1. The van der Waals surface area contributed by atoms with E-state index < -0.39 is 11.5 Å². The topological polar surface area (TPSA) is 78.6 Å². The highest BCUT2D eigenvalue weighted by Crippen LogP contribution is 2.68. The van der Waals surface area contributed by atoms with Gasteiger partial charge in [-0.15, -0.1) is 0 Å². The van der Waals surface area contributed by atoms with Crippen molar-refractivity contribution in [1.82, 2.24) is 14.5 Å². The second-order valence-corrected chi connectivity index (χ2v) is 8.01. The summed E-state index contributed by atoms with van der Waals surface area (Å²) in [5.41, 5.74) is 2.19. The molecule has 1 aliphatic heterocycles. The molecule has 148 valence electrons. The Balaban J connectivity index is 1.36. The summed E-state index contributed by atoms with van der Waals surface area (Å²) in [6.45, 7) is 0.765. The van der Waals surface area contributed by atoms with E-state index in [2.05, 4.69) is 4.98 Å². The van der Waals surface area contributed by atoms with Gasteiger partial charge in [0.05, 0.1) is 12.4 Å². The molecule has 3 aromatic rings. The summed E-state index contributed by atoms with van der Waals surface area (Å²) in [5.74, 6) is -0.0417. The minimum atomic E-state index is -0.640. The van der Waals surface area contributed by atoms with E-state index in [0.29, 0.717) is 18.7 Å². The molecule has 1 spiro atoms. The molecule has 2 aromatic carbocycles. The van der Waals surface area contributed by atoms with Gasteiger partial charge in [-0.1, -0.05) is 30.3 Å². The first-order valence-corrected chi connectivity index (χ1v) is 9.86. The molecule has 0 unspecified atom stereocenters. The van der Waals surface area contributed by atoms with Crippen LogP contribution < -0.4 is 0 Å². The van der Waals surface area contributed by atoms with Crippen LogP contribution in [-0.2, 0) is 0 Å². The molecule has 0 radical (unpaired) electrons. The van der Waals surface area contributed by atoms with Crippen LogP contribution in [0, 0.1) is 11.3 Å². The lowest BCUT2D eigenvalue weighted by atomic mass is 9.95. The van der Waals surface area contributed by atoms with Crippen LogP contribution in [0.4, 0.5) is 0 Å². The summed E-state index contributed by atoms with van der Waals surface area (Å²) in [4.78, 5) is 18.8. The zero-order valence-corrected chi connectivity index (χ0v) is 15.9. The van der Waals surface area contributed by atoms with Crippen LogP contribution in [0.3, 0.4) is 0 Å². The summed E-state index contributed by atoms with van der Waals surface area (Å²) in [7, 11) is 0. The third kappa shape index (κ3) is 2.79. The number of aromatic nitrogens is 2. The monoisotopic (exact) mass is 389 g/mol. The Morgan fingerprint density at radius 3 is 2.55 bits per heavy atom. The van der Waals surface area contributed by atoms with Crippen LogP contribution in [0.5, 0.6) is 0 Å². The van der Waals surface area contributed by atoms with E-state index in [1.807, 2.05) is 53.2 Å². The van der Waals surface area contributed by atoms with E-state index in [1.165, 1.54) is 0 Å². The standard InChI is InChI=1S/C23H23N3O3/c27-13-19-21(16-4-2-1-3-5-16)23(19)14-26(12-20(23)28)22(29)17-6-8-18(9-7-17)25-11-10-24-15-25/h1-11,15,19-21,27-28H,12-14H2/t19-,20+,21-,23-/m1/s1. The highest BCUT2D eigenvalue weighted by molar-refractivity contribution is 5.94. The van der Waals surface area contributed by atoms with Crippen molar-refractivity contribution in [2.75, 3.05) is 19.7 Å². The van der Waals surface area contributed by atoms with Crippen molar-refractivity contribution >= 4 is 5.91 Å². The predicted octanol–water partition coefficient (Wildman–Crippen LogP) is 2.08. The molecule has 6 heteroatoms. The van der Waals surface area contributed by atoms with Gasteiger partial charge in [0.1, 0.15) is 0 Å². The molecule has 2 aliphatic rings. The Bertz CT molecular complexity index is 1000. The molecule has 5 rings (SSSR count). The van der Waals surface area contributed by atoms with E-state index in [0.717, 1.165) is 11.3 Å². The van der Waals surface area contributed by atoms with Crippen LogP contribution in [0.15, 0.2) is 73.3 Å². The number of nitrogens with zero attached hydrogens (tertiary/aromatic N) is 3. The fourth-order valence-corrected chi connectivity index (χ4v) is 5.09. The van der Waals surface area contributed by atoms with Crippen LogP contribution in [0.25, 0.3) is 5.69 Å². The van der Waals surface area contributed by atoms with Crippen molar-refractivity contribution in [2.24, 2.45) is 11.3 Å². The Labute approximate surface area is 169 Å². The number of aliphatic hydroxyl groups excluding tert-OH is 2. The molecule has 1 saturated heterocycles. The number of hydrogen-bond acceptors (Lipinski definition) is 4. The van der Waals surface area contributed by atoms with Gasteiger partial charge in [0.25, 0.3) is 5.91 Å². The van der Waals surface area contributed by atoms with E-state index in [1.54, 1.807) is 29.6 Å². The molecule has 1 aliphatic carbocycles. The number of carbonyl (C=O) groups excluding carboxylic acids is 1. The third-order valence-corrected chi connectivity index (χ3v) is 6.60. The molecule has 29 heavy (non-hydrogen) atoms. The van der Waals surface area contributed by atoms with Gasteiger partial charge in [0.15, 0.2) is 0 Å². The van der Waals surface area contributed by atoms with E-state index in [-0.39, 0.29) is 24.3 Å². The zero-order valence-electron chi connectivity index (χ0n) is 15.9. The van der Waals surface area contributed by atoms with Gasteiger partial charge < -0.3 is 19.7 Å². The Morgan fingerprint density at radius 1 is 1.14 bits per heavy atom.